The van der Waals surface area contributed by atoms with Crippen LogP contribution in [0.4, 0.5) is 0 Å². The molecule has 174 valence electrons. The number of hydrogen-bond donors (Lipinski definition) is 1. The van der Waals surface area contributed by atoms with Crippen molar-refractivity contribution in [1.29, 1.82) is 0 Å². The molecule has 4 rings (SSSR count). The maximum atomic E-state index is 13.5. The highest BCUT2D eigenvalue weighted by Gasteiger charge is 2.23. The maximum absolute atomic E-state index is 13.5. The van der Waals surface area contributed by atoms with Crippen LogP contribution in [-0.2, 0) is 6.54 Å². The number of rotatable bonds is 7. The number of ether oxygens (including phenoxy) is 2. The predicted octanol–water partition coefficient (Wildman–Crippen LogP) is 5.00. The Morgan fingerprint density at radius 1 is 1.12 bits per heavy atom. The molecule has 0 aliphatic heterocycles. The molecule has 1 heterocycles. The minimum absolute atomic E-state index is 0.0744. The van der Waals surface area contributed by atoms with Gasteiger partial charge in [0.25, 0.3) is 5.56 Å². The lowest BCUT2D eigenvalue weighted by molar-refractivity contribution is 0.245. The first-order valence-corrected chi connectivity index (χ1v) is 11.7. The van der Waals surface area contributed by atoms with Crippen LogP contribution in [0.25, 0.3) is 23.1 Å². The second-order valence-electron chi connectivity index (χ2n) is 8.62. The van der Waals surface area contributed by atoms with Crippen LogP contribution < -0.4 is 20.8 Å². The highest BCUT2D eigenvalue weighted by atomic mass is 35.5. The topological polar surface area (TPSA) is 79.4 Å². The fraction of sp³-hybridized carbons (Fsp3) is 0.385. The highest BCUT2D eigenvalue weighted by Crippen LogP contribution is 2.30. The number of nitrogens with zero attached hydrogens (tertiary/aromatic N) is 2. The summed E-state index contributed by atoms with van der Waals surface area (Å²) in [5.74, 6) is 2.95. The lowest BCUT2D eigenvalue weighted by atomic mass is 9.81. The minimum atomic E-state index is -0.0744. The quantitative estimate of drug-likeness (QED) is 0.528. The van der Waals surface area contributed by atoms with Gasteiger partial charge < -0.3 is 15.2 Å². The van der Waals surface area contributed by atoms with Crippen molar-refractivity contribution in [2.24, 2.45) is 17.6 Å². The second kappa shape index (κ2) is 10.4. The normalized spacial score (nSPS) is 18.7. The van der Waals surface area contributed by atoms with Gasteiger partial charge in [-0.3, -0.25) is 9.36 Å². The fourth-order valence-electron chi connectivity index (χ4n) is 4.69. The number of methoxy groups -OCH3 is 2. The molecule has 0 radical (unpaired) electrons. The van der Waals surface area contributed by atoms with E-state index in [0.717, 1.165) is 37.0 Å². The molecule has 0 bridgehead atoms. The van der Waals surface area contributed by atoms with Crippen molar-refractivity contribution in [2.45, 2.75) is 32.2 Å². The van der Waals surface area contributed by atoms with E-state index in [0.29, 0.717) is 52.4 Å². The van der Waals surface area contributed by atoms with Crippen LogP contribution in [0.5, 0.6) is 11.5 Å². The first-order chi connectivity index (χ1) is 16.0. The third kappa shape index (κ3) is 5.23. The average Bonchev–Trinajstić information content (AvgIpc) is 2.85. The van der Waals surface area contributed by atoms with Gasteiger partial charge >= 0.3 is 0 Å². The van der Waals surface area contributed by atoms with E-state index in [1.165, 1.54) is 0 Å². The van der Waals surface area contributed by atoms with Crippen LogP contribution in [0.1, 0.15) is 37.1 Å². The molecule has 2 unspecified atom stereocenters. The molecule has 1 aromatic heterocycles. The molecule has 1 fully saturated rings. The van der Waals surface area contributed by atoms with Crippen molar-refractivity contribution in [3.05, 3.63) is 63.2 Å². The van der Waals surface area contributed by atoms with Gasteiger partial charge in [-0.15, -0.1) is 0 Å². The molecule has 7 heteroatoms. The van der Waals surface area contributed by atoms with E-state index in [1.807, 2.05) is 30.4 Å². The lowest BCUT2D eigenvalue weighted by Crippen LogP contribution is -2.31. The van der Waals surface area contributed by atoms with Gasteiger partial charge in [0.15, 0.2) is 0 Å². The summed E-state index contributed by atoms with van der Waals surface area (Å²) in [4.78, 5) is 18.3. The molecule has 6 nitrogen and oxygen atoms in total. The van der Waals surface area contributed by atoms with Crippen LogP contribution in [0.3, 0.4) is 0 Å². The van der Waals surface area contributed by atoms with Gasteiger partial charge in [0.2, 0.25) is 0 Å². The molecular weight excluding hydrogens is 438 g/mol. The molecule has 3 aromatic rings. The first-order valence-electron chi connectivity index (χ1n) is 11.3. The van der Waals surface area contributed by atoms with Crippen molar-refractivity contribution in [2.75, 3.05) is 20.8 Å². The fourth-order valence-corrected chi connectivity index (χ4v) is 4.86. The molecule has 2 atom stereocenters. The summed E-state index contributed by atoms with van der Waals surface area (Å²) in [5, 5.41) is 1.06. The summed E-state index contributed by atoms with van der Waals surface area (Å²) in [7, 11) is 3.26. The first kappa shape index (κ1) is 23.3. The Morgan fingerprint density at radius 3 is 2.70 bits per heavy atom. The number of nitrogens with two attached hydrogens (primary N) is 1. The standard InChI is InChI=1S/C26H30ClN3O3/c1-32-21-8-10-24(33-2)19(13-21)6-11-25-29-23-9-7-20(27)14-22(23)26(31)30(25)16-18-5-3-4-17(12-18)15-28/h6-11,13-14,17-18H,3-5,12,15-16,28H2,1-2H3/b11-6+. The number of aromatic nitrogens is 2. The molecule has 0 spiro atoms. The Kier molecular flexibility index (Phi) is 7.36. The molecule has 0 saturated heterocycles. The molecular formula is C26H30ClN3O3. The molecule has 2 aromatic carbocycles. The lowest BCUT2D eigenvalue weighted by Gasteiger charge is -2.29. The van der Waals surface area contributed by atoms with E-state index >= 15 is 0 Å². The van der Waals surface area contributed by atoms with E-state index in [-0.39, 0.29) is 5.56 Å². The number of fused-ring (bicyclic) bond motifs is 1. The molecule has 1 aliphatic carbocycles. The summed E-state index contributed by atoms with van der Waals surface area (Å²) >= 11 is 6.19. The van der Waals surface area contributed by atoms with Gasteiger partial charge in [-0.2, -0.15) is 0 Å². The zero-order valence-electron chi connectivity index (χ0n) is 19.1. The Labute approximate surface area is 199 Å². The largest absolute Gasteiger partial charge is 0.497 e. The summed E-state index contributed by atoms with van der Waals surface area (Å²) in [6.07, 6.45) is 8.20. The monoisotopic (exact) mass is 467 g/mol. The van der Waals surface area contributed by atoms with Crippen molar-refractivity contribution in [3.63, 3.8) is 0 Å². The molecule has 1 saturated carbocycles. The number of benzene rings is 2. The average molecular weight is 468 g/mol. The maximum Gasteiger partial charge on any atom is 0.261 e. The summed E-state index contributed by atoms with van der Waals surface area (Å²) in [5.41, 5.74) is 7.34. The van der Waals surface area contributed by atoms with Crippen molar-refractivity contribution in [1.82, 2.24) is 9.55 Å². The second-order valence-corrected chi connectivity index (χ2v) is 9.06. The van der Waals surface area contributed by atoms with E-state index in [9.17, 15) is 4.79 Å². The van der Waals surface area contributed by atoms with Crippen molar-refractivity contribution < 1.29 is 9.47 Å². The Bertz CT molecular complexity index is 1220. The van der Waals surface area contributed by atoms with Crippen LogP contribution >= 0.6 is 11.6 Å². The van der Waals surface area contributed by atoms with E-state index in [2.05, 4.69) is 0 Å². The summed E-state index contributed by atoms with van der Waals surface area (Å²) < 4.78 is 12.6. The SMILES string of the molecule is COc1ccc(OC)c(/C=C/c2nc3ccc(Cl)cc3c(=O)n2CC2CCCC(CN)C2)c1. The predicted molar refractivity (Wildman–Crippen MR) is 134 cm³/mol. The van der Waals surface area contributed by atoms with Crippen molar-refractivity contribution >= 4 is 34.7 Å². The molecule has 2 N–H and O–H groups in total. The third-order valence-electron chi connectivity index (χ3n) is 6.46. The van der Waals surface area contributed by atoms with Gasteiger partial charge in [-0.1, -0.05) is 18.0 Å². The Morgan fingerprint density at radius 2 is 1.94 bits per heavy atom. The zero-order valence-corrected chi connectivity index (χ0v) is 19.8. The zero-order chi connectivity index (χ0) is 23.4. The van der Waals surface area contributed by atoms with Gasteiger partial charge in [0, 0.05) is 17.1 Å². The van der Waals surface area contributed by atoms with Gasteiger partial charge in [0.1, 0.15) is 17.3 Å². The summed E-state index contributed by atoms with van der Waals surface area (Å²) in [6.45, 7) is 1.30. The van der Waals surface area contributed by atoms with E-state index in [1.54, 1.807) is 37.0 Å². The smallest absolute Gasteiger partial charge is 0.261 e. The van der Waals surface area contributed by atoms with E-state index in [4.69, 9.17) is 31.8 Å². The van der Waals surface area contributed by atoms with Crippen LogP contribution in [-0.4, -0.2) is 30.3 Å². The highest BCUT2D eigenvalue weighted by molar-refractivity contribution is 6.31. The number of halogens is 1. The summed E-state index contributed by atoms with van der Waals surface area (Å²) in [6, 6.07) is 10.8. The van der Waals surface area contributed by atoms with Gasteiger partial charge in [0.05, 0.1) is 25.1 Å². The Hall–Kier alpha value is -2.83. The third-order valence-corrected chi connectivity index (χ3v) is 6.70. The van der Waals surface area contributed by atoms with Crippen molar-refractivity contribution in [3.8, 4) is 11.5 Å². The van der Waals surface area contributed by atoms with Crippen LogP contribution in [0.15, 0.2) is 41.2 Å². The van der Waals surface area contributed by atoms with Crippen LogP contribution in [0, 0.1) is 11.8 Å². The van der Waals surface area contributed by atoms with E-state index < -0.39 is 0 Å². The Balaban J connectivity index is 1.78. The van der Waals surface area contributed by atoms with Gasteiger partial charge in [-0.25, -0.2) is 4.98 Å². The molecule has 1 aliphatic rings. The van der Waals surface area contributed by atoms with Gasteiger partial charge in [-0.05, 0) is 86.2 Å². The van der Waals surface area contributed by atoms with Crippen LogP contribution in [0.2, 0.25) is 5.02 Å². The minimum Gasteiger partial charge on any atom is -0.497 e. The number of hydrogen-bond acceptors (Lipinski definition) is 5. The molecule has 0 amide bonds. The molecule has 33 heavy (non-hydrogen) atoms.